The van der Waals surface area contributed by atoms with E-state index in [9.17, 15) is 18.0 Å². The first-order chi connectivity index (χ1) is 18.6. The van der Waals surface area contributed by atoms with Crippen LogP contribution in [0.3, 0.4) is 0 Å². The molecule has 0 amide bonds. The smallest absolute Gasteiger partial charge is 0.351 e. The Kier molecular flexibility index (Phi) is 8.69. The number of primary sulfonamides is 1. The maximum atomic E-state index is 13.5. The molecular formula is C28H29ClN4O5S. The predicted molar refractivity (Wildman–Crippen MR) is 150 cm³/mol. The highest BCUT2D eigenvalue weighted by Crippen LogP contribution is 2.27. The minimum atomic E-state index is -3.89. The zero-order chi connectivity index (χ0) is 28.2. The molecule has 204 valence electrons. The lowest BCUT2D eigenvalue weighted by Crippen LogP contribution is -2.25. The Labute approximate surface area is 231 Å². The lowest BCUT2D eigenvalue weighted by atomic mass is 10.0. The van der Waals surface area contributed by atoms with E-state index in [-0.39, 0.29) is 34.3 Å². The number of hydrogen-bond acceptors (Lipinski definition) is 6. The van der Waals surface area contributed by atoms with E-state index in [4.69, 9.17) is 21.5 Å². The number of carbonyl (C=O) groups excluding carboxylic acids is 1. The molecule has 0 unspecified atom stereocenters. The number of aryl methyl sites for hydroxylation is 1. The van der Waals surface area contributed by atoms with Crippen molar-refractivity contribution in [2.45, 2.75) is 44.6 Å². The third-order valence-corrected chi connectivity index (χ3v) is 7.45. The number of aromatic nitrogens is 3. The molecule has 0 aliphatic rings. The molecule has 0 spiro atoms. The molecule has 0 bridgehead atoms. The summed E-state index contributed by atoms with van der Waals surface area (Å²) in [5.74, 6) is 0.110. The van der Waals surface area contributed by atoms with E-state index in [2.05, 4.69) is 12.0 Å². The van der Waals surface area contributed by atoms with Gasteiger partial charge in [-0.1, -0.05) is 67.4 Å². The molecule has 4 rings (SSSR count). The quantitative estimate of drug-likeness (QED) is 0.279. The lowest BCUT2D eigenvalue weighted by molar-refractivity contribution is 0.0526. The molecule has 4 aromatic rings. The molecule has 2 N–H and O–H groups in total. The molecule has 1 heterocycles. The van der Waals surface area contributed by atoms with Crippen LogP contribution in [0.4, 0.5) is 0 Å². The number of unbranched alkanes of at least 4 members (excludes halogenated alkanes) is 1. The molecular weight excluding hydrogens is 540 g/mol. The Morgan fingerprint density at radius 2 is 1.77 bits per heavy atom. The van der Waals surface area contributed by atoms with Crippen LogP contribution in [0.25, 0.3) is 16.8 Å². The van der Waals surface area contributed by atoms with Crippen LogP contribution in [-0.2, 0) is 27.7 Å². The van der Waals surface area contributed by atoms with Crippen LogP contribution in [0.2, 0.25) is 5.02 Å². The van der Waals surface area contributed by atoms with Gasteiger partial charge in [0, 0.05) is 12.0 Å². The molecule has 0 saturated carbocycles. The van der Waals surface area contributed by atoms with E-state index < -0.39 is 16.0 Å². The van der Waals surface area contributed by atoms with Gasteiger partial charge in [-0.25, -0.2) is 23.1 Å². The van der Waals surface area contributed by atoms with Gasteiger partial charge in [0.25, 0.3) is 0 Å². The van der Waals surface area contributed by atoms with Gasteiger partial charge in [-0.3, -0.25) is 4.57 Å². The standard InChI is InChI=1S/C28H29ClN4O5S/c1-3-5-10-26-31-33(24-16-15-21(17-23(24)29)27(34)38-4-2)28(35)32(26)18-19-11-13-20(14-12-19)22-8-6-7-9-25(22)39(30,36)37/h6-9,11-17H,3-5,10,18H2,1-2H3,(H2,30,36,37). The summed E-state index contributed by atoms with van der Waals surface area (Å²) in [6.45, 7) is 4.27. The average molecular weight is 569 g/mol. The Balaban J connectivity index is 1.68. The highest BCUT2D eigenvalue weighted by atomic mass is 35.5. The van der Waals surface area contributed by atoms with Crippen molar-refractivity contribution >= 4 is 27.6 Å². The minimum absolute atomic E-state index is 0.0444. The summed E-state index contributed by atoms with van der Waals surface area (Å²) in [5, 5.41) is 10.2. The van der Waals surface area contributed by atoms with Crippen LogP contribution in [-0.4, -0.2) is 35.3 Å². The van der Waals surface area contributed by atoms with Crippen LogP contribution >= 0.6 is 11.6 Å². The second kappa shape index (κ2) is 12.0. The molecule has 3 aromatic carbocycles. The number of nitrogens with two attached hydrogens (primary N) is 1. The number of nitrogens with zero attached hydrogens (tertiary/aromatic N) is 3. The van der Waals surface area contributed by atoms with Crippen LogP contribution in [0.15, 0.2) is 76.4 Å². The first-order valence-electron chi connectivity index (χ1n) is 12.5. The van der Waals surface area contributed by atoms with E-state index in [1.165, 1.54) is 16.8 Å². The predicted octanol–water partition coefficient (Wildman–Crippen LogP) is 4.57. The number of halogens is 1. The molecule has 0 saturated heterocycles. The molecule has 1 aromatic heterocycles. The Morgan fingerprint density at radius 1 is 1.05 bits per heavy atom. The normalized spacial score (nSPS) is 11.5. The van der Waals surface area contributed by atoms with Crippen molar-refractivity contribution in [1.29, 1.82) is 0 Å². The van der Waals surface area contributed by atoms with E-state index in [0.29, 0.717) is 29.1 Å². The van der Waals surface area contributed by atoms with Gasteiger partial charge in [-0.2, -0.15) is 4.68 Å². The van der Waals surface area contributed by atoms with Gasteiger partial charge in [-0.05, 0) is 48.7 Å². The number of rotatable bonds is 10. The number of sulfonamides is 1. The van der Waals surface area contributed by atoms with E-state index in [0.717, 1.165) is 18.4 Å². The monoisotopic (exact) mass is 568 g/mol. The summed E-state index contributed by atoms with van der Waals surface area (Å²) in [4.78, 5) is 25.6. The molecule has 39 heavy (non-hydrogen) atoms. The van der Waals surface area contributed by atoms with E-state index in [1.807, 2.05) is 12.1 Å². The fourth-order valence-corrected chi connectivity index (χ4v) is 5.24. The fourth-order valence-electron chi connectivity index (χ4n) is 4.22. The van der Waals surface area contributed by atoms with Gasteiger partial charge in [0.05, 0.1) is 34.3 Å². The molecule has 0 aliphatic carbocycles. The summed E-state index contributed by atoms with van der Waals surface area (Å²) in [7, 11) is -3.89. The topological polar surface area (TPSA) is 126 Å². The highest BCUT2D eigenvalue weighted by Gasteiger charge is 2.19. The van der Waals surface area contributed by atoms with Gasteiger partial charge in [0.2, 0.25) is 10.0 Å². The van der Waals surface area contributed by atoms with E-state index >= 15 is 0 Å². The molecule has 0 aliphatic heterocycles. The number of ether oxygens (including phenoxy) is 1. The first kappa shape index (κ1) is 28.3. The summed E-state index contributed by atoms with van der Waals surface area (Å²) in [5.41, 5.74) is 2.30. The van der Waals surface area contributed by atoms with Crippen molar-refractivity contribution in [1.82, 2.24) is 14.3 Å². The average Bonchev–Trinajstić information content (AvgIpc) is 3.22. The Hall–Kier alpha value is -3.73. The molecule has 11 heteroatoms. The van der Waals surface area contributed by atoms with Gasteiger partial charge in [0.15, 0.2) is 0 Å². The SMILES string of the molecule is CCCCc1nn(-c2ccc(C(=O)OCC)cc2Cl)c(=O)n1Cc1ccc(-c2ccccc2S(N)(=O)=O)cc1. The van der Waals surface area contributed by atoms with Crippen molar-refractivity contribution in [3.8, 4) is 16.8 Å². The van der Waals surface area contributed by atoms with Crippen LogP contribution in [0, 0.1) is 0 Å². The van der Waals surface area contributed by atoms with Gasteiger partial charge < -0.3 is 4.74 Å². The first-order valence-corrected chi connectivity index (χ1v) is 14.4. The third kappa shape index (κ3) is 6.30. The fraction of sp³-hybridized carbons (Fsp3) is 0.250. The molecule has 0 atom stereocenters. The summed E-state index contributed by atoms with van der Waals surface area (Å²) in [6.07, 6.45) is 2.36. The van der Waals surface area contributed by atoms with Gasteiger partial charge >= 0.3 is 11.7 Å². The zero-order valence-electron chi connectivity index (χ0n) is 21.6. The van der Waals surface area contributed by atoms with E-state index in [1.54, 1.807) is 54.0 Å². The Morgan fingerprint density at radius 3 is 2.41 bits per heavy atom. The summed E-state index contributed by atoms with van der Waals surface area (Å²) in [6, 6.07) is 18.4. The van der Waals surface area contributed by atoms with Gasteiger partial charge in [0.1, 0.15) is 5.82 Å². The maximum absolute atomic E-state index is 13.5. The van der Waals surface area contributed by atoms with Crippen LogP contribution < -0.4 is 10.8 Å². The highest BCUT2D eigenvalue weighted by molar-refractivity contribution is 7.89. The number of benzene rings is 3. The second-order valence-corrected chi connectivity index (χ2v) is 10.9. The summed E-state index contributed by atoms with van der Waals surface area (Å²) < 4.78 is 31.9. The number of esters is 1. The Bertz CT molecular complexity index is 1660. The van der Waals surface area contributed by atoms with Crippen molar-refractivity contribution in [2.24, 2.45) is 5.14 Å². The third-order valence-electron chi connectivity index (χ3n) is 6.18. The molecule has 9 nitrogen and oxygen atoms in total. The van der Waals surface area contributed by atoms with Crippen LogP contribution in [0.1, 0.15) is 48.4 Å². The second-order valence-electron chi connectivity index (χ2n) is 8.93. The number of hydrogen-bond donors (Lipinski definition) is 1. The van der Waals surface area contributed by atoms with Crippen LogP contribution in [0.5, 0.6) is 0 Å². The molecule has 0 fully saturated rings. The lowest BCUT2D eigenvalue weighted by Gasteiger charge is -2.10. The summed E-state index contributed by atoms with van der Waals surface area (Å²) >= 11 is 6.46. The number of carbonyl (C=O) groups is 1. The van der Waals surface area contributed by atoms with Crippen molar-refractivity contribution in [2.75, 3.05) is 6.61 Å². The minimum Gasteiger partial charge on any atom is -0.462 e. The van der Waals surface area contributed by atoms with Gasteiger partial charge in [-0.15, -0.1) is 5.10 Å². The van der Waals surface area contributed by atoms with Crippen molar-refractivity contribution in [3.05, 3.63) is 99.2 Å². The largest absolute Gasteiger partial charge is 0.462 e. The molecule has 0 radical (unpaired) electrons. The van der Waals surface area contributed by atoms with Crippen molar-refractivity contribution in [3.63, 3.8) is 0 Å². The zero-order valence-corrected chi connectivity index (χ0v) is 23.2. The maximum Gasteiger partial charge on any atom is 0.351 e. The van der Waals surface area contributed by atoms with Crippen molar-refractivity contribution < 1.29 is 17.9 Å².